The van der Waals surface area contributed by atoms with Crippen molar-refractivity contribution in [2.24, 2.45) is 7.05 Å². The van der Waals surface area contributed by atoms with E-state index in [9.17, 15) is 0 Å². The molecule has 0 atom stereocenters. The standard InChI is InChI=1S/C12H16N4/c1-15(8-11-7-14-16(2)9-11)10-12-5-3-4-6-13-12/h3-7,9H,8,10H2,1-2H3. The lowest BCUT2D eigenvalue weighted by atomic mass is 10.3. The number of aryl methyl sites for hydroxylation is 1. The van der Waals surface area contributed by atoms with Gasteiger partial charge in [0.1, 0.15) is 0 Å². The topological polar surface area (TPSA) is 34.0 Å². The van der Waals surface area contributed by atoms with Crippen molar-refractivity contribution in [1.82, 2.24) is 19.7 Å². The zero-order valence-electron chi connectivity index (χ0n) is 9.67. The van der Waals surface area contributed by atoms with Crippen LogP contribution < -0.4 is 0 Å². The molecule has 4 nitrogen and oxygen atoms in total. The van der Waals surface area contributed by atoms with Crippen molar-refractivity contribution in [3.63, 3.8) is 0 Å². The lowest BCUT2D eigenvalue weighted by Gasteiger charge is -2.14. The van der Waals surface area contributed by atoms with Crippen molar-refractivity contribution in [3.05, 3.63) is 48.0 Å². The van der Waals surface area contributed by atoms with Gasteiger partial charge in [-0.1, -0.05) is 6.07 Å². The number of aromatic nitrogens is 3. The van der Waals surface area contributed by atoms with Gasteiger partial charge in [-0.3, -0.25) is 14.6 Å². The van der Waals surface area contributed by atoms with E-state index in [1.807, 2.05) is 48.5 Å². The first-order valence-electron chi connectivity index (χ1n) is 5.30. The van der Waals surface area contributed by atoms with E-state index < -0.39 is 0 Å². The minimum atomic E-state index is 0.857. The number of hydrogen-bond acceptors (Lipinski definition) is 3. The third-order valence-electron chi connectivity index (χ3n) is 2.37. The molecule has 0 amide bonds. The zero-order valence-corrected chi connectivity index (χ0v) is 9.67. The Labute approximate surface area is 95.5 Å². The molecule has 2 rings (SSSR count). The van der Waals surface area contributed by atoms with Gasteiger partial charge in [0.15, 0.2) is 0 Å². The van der Waals surface area contributed by atoms with Gasteiger partial charge in [-0.2, -0.15) is 5.10 Å². The molecule has 0 N–H and O–H groups in total. The van der Waals surface area contributed by atoms with Gasteiger partial charge in [0.25, 0.3) is 0 Å². The molecule has 2 aromatic heterocycles. The summed E-state index contributed by atoms with van der Waals surface area (Å²) in [6.07, 6.45) is 5.76. The quantitative estimate of drug-likeness (QED) is 0.775. The van der Waals surface area contributed by atoms with Crippen LogP contribution in [0, 0.1) is 0 Å². The van der Waals surface area contributed by atoms with Crippen LogP contribution in [0.2, 0.25) is 0 Å². The second-order valence-corrected chi connectivity index (χ2v) is 4.02. The molecular weight excluding hydrogens is 200 g/mol. The number of hydrogen-bond donors (Lipinski definition) is 0. The van der Waals surface area contributed by atoms with Crippen molar-refractivity contribution in [3.8, 4) is 0 Å². The van der Waals surface area contributed by atoms with Crippen LogP contribution in [0.1, 0.15) is 11.3 Å². The van der Waals surface area contributed by atoms with Crippen LogP contribution in [0.4, 0.5) is 0 Å². The Morgan fingerprint density at radius 2 is 2.19 bits per heavy atom. The summed E-state index contributed by atoms with van der Waals surface area (Å²) in [6.45, 7) is 1.75. The van der Waals surface area contributed by atoms with E-state index in [0.717, 1.165) is 18.8 Å². The molecule has 0 saturated heterocycles. The second-order valence-electron chi connectivity index (χ2n) is 4.02. The Kier molecular flexibility index (Phi) is 3.31. The Morgan fingerprint density at radius 1 is 1.31 bits per heavy atom. The summed E-state index contributed by atoms with van der Waals surface area (Å²) in [4.78, 5) is 6.52. The fourth-order valence-electron chi connectivity index (χ4n) is 1.69. The molecule has 84 valence electrons. The molecule has 0 spiro atoms. The summed E-state index contributed by atoms with van der Waals surface area (Å²) >= 11 is 0. The van der Waals surface area contributed by atoms with Gasteiger partial charge in [0.05, 0.1) is 11.9 Å². The highest BCUT2D eigenvalue weighted by atomic mass is 15.2. The van der Waals surface area contributed by atoms with E-state index in [1.165, 1.54) is 5.56 Å². The predicted octanol–water partition coefficient (Wildman–Crippen LogP) is 1.45. The summed E-state index contributed by atoms with van der Waals surface area (Å²) in [6, 6.07) is 5.99. The molecule has 0 aromatic carbocycles. The van der Waals surface area contributed by atoms with E-state index in [1.54, 1.807) is 0 Å². The van der Waals surface area contributed by atoms with Crippen LogP contribution >= 0.6 is 0 Å². The summed E-state index contributed by atoms with van der Waals surface area (Å²) in [5.74, 6) is 0. The Morgan fingerprint density at radius 3 is 2.81 bits per heavy atom. The van der Waals surface area contributed by atoms with Crippen LogP contribution in [0.5, 0.6) is 0 Å². The lowest BCUT2D eigenvalue weighted by molar-refractivity contribution is 0.315. The van der Waals surface area contributed by atoms with Gasteiger partial charge in [-0.25, -0.2) is 0 Å². The summed E-state index contributed by atoms with van der Waals surface area (Å²) in [5.41, 5.74) is 2.31. The van der Waals surface area contributed by atoms with Gasteiger partial charge in [0, 0.05) is 38.1 Å². The van der Waals surface area contributed by atoms with Gasteiger partial charge < -0.3 is 0 Å². The molecule has 16 heavy (non-hydrogen) atoms. The minimum absolute atomic E-state index is 0.857. The van der Waals surface area contributed by atoms with Crippen LogP contribution in [-0.2, 0) is 20.1 Å². The van der Waals surface area contributed by atoms with Crippen molar-refractivity contribution in [2.45, 2.75) is 13.1 Å². The SMILES string of the molecule is CN(Cc1cnn(C)c1)Cc1ccccn1. The first kappa shape index (κ1) is 10.8. The minimum Gasteiger partial charge on any atom is -0.296 e. The average molecular weight is 216 g/mol. The van der Waals surface area contributed by atoms with Crippen molar-refractivity contribution >= 4 is 0 Å². The molecule has 0 radical (unpaired) electrons. The fraction of sp³-hybridized carbons (Fsp3) is 0.333. The largest absolute Gasteiger partial charge is 0.296 e. The monoisotopic (exact) mass is 216 g/mol. The zero-order chi connectivity index (χ0) is 11.4. The van der Waals surface area contributed by atoms with Crippen LogP contribution in [0.15, 0.2) is 36.8 Å². The van der Waals surface area contributed by atoms with E-state index in [4.69, 9.17) is 0 Å². The predicted molar refractivity (Wildman–Crippen MR) is 62.6 cm³/mol. The average Bonchev–Trinajstić information content (AvgIpc) is 2.65. The maximum atomic E-state index is 4.30. The molecule has 0 fully saturated rings. The van der Waals surface area contributed by atoms with Gasteiger partial charge >= 0.3 is 0 Å². The molecule has 0 aliphatic rings. The fourth-order valence-corrected chi connectivity index (χ4v) is 1.69. The molecule has 0 aliphatic carbocycles. The third kappa shape index (κ3) is 2.90. The highest BCUT2D eigenvalue weighted by Gasteiger charge is 2.03. The van der Waals surface area contributed by atoms with Gasteiger partial charge in [0.2, 0.25) is 0 Å². The Hall–Kier alpha value is -1.68. The molecule has 0 aliphatic heterocycles. The number of rotatable bonds is 4. The first-order chi connectivity index (χ1) is 7.74. The summed E-state index contributed by atoms with van der Waals surface area (Å²) in [7, 11) is 4.02. The molecule has 0 bridgehead atoms. The maximum absolute atomic E-state index is 4.30. The highest BCUT2D eigenvalue weighted by molar-refractivity contribution is 5.06. The molecular formula is C12H16N4. The van der Waals surface area contributed by atoms with Gasteiger partial charge in [-0.05, 0) is 19.2 Å². The maximum Gasteiger partial charge on any atom is 0.0543 e. The van der Waals surface area contributed by atoms with E-state index in [2.05, 4.69) is 22.0 Å². The molecule has 0 unspecified atom stereocenters. The normalized spacial score (nSPS) is 10.9. The molecule has 2 aromatic rings. The van der Waals surface area contributed by atoms with E-state index in [-0.39, 0.29) is 0 Å². The first-order valence-corrected chi connectivity index (χ1v) is 5.30. The Balaban J connectivity index is 1.92. The number of pyridine rings is 1. The number of nitrogens with zero attached hydrogens (tertiary/aromatic N) is 4. The summed E-state index contributed by atoms with van der Waals surface area (Å²) < 4.78 is 1.82. The third-order valence-corrected chi connectivity index (χ3v) is 2.37. The lowest BCUT2D eigenvalue weighted by Crippen LogP contribution is -2.17. The Bertz CT molecular complexity index is 435. The van der Waals surface area contributed by atoms with E-state index >= 15 is 0 Å². The van der Waals surface area contributed by atoms with Crippen molar-refractivity contribution in [1.29, 1.82) is 0 Å². The van der Waals surface area contributed by atoms with Crippen LogP contribution in [0.3, 0.4) is 0 Å². The summed E-state index contributed by atoms with van der Waals surface area (Å²) in [5, 5.41) is 4.15. The molecule has 4 heteroatoms. The van der Waals surface area contributed by atoms with Crippen molar-refractivity contribution < 1.29 is 0 Å². The van der Waals surface area contributed by atoms with Crippen molar-refractivity contribution in [2.75, 3.05) is 7.05 Å². The van der Waals surface area contributed by atoms with Crippen LogP contribution in [0.25, 0.3) is 0 Å². The smallest absolute Gasteiger partial charge is 0.0543 e. The van der Waals surface area contributed by atoms with Gasteiger partial charge in [-0.15, -0.1) is 0 Å². The second kappa shape index (κ2) is 4.90. The highest BCUT2D eigenvalue weighted by Crippen LogP contribution is 2.04. The van der Waals surface area contributed by atoms with E-state index in [0.29, 0.717) is 0 Å². The molecule has 2 heterocycles. The van der Waals surface area contributed by atoms with Crippen LogP contribution in [-0.4, -0.2) is 26.7 Å². The molecule has 0 saturated carbocycles.